The Balaban J connectivity index is 2.26. The molecule has 0 saturated heterocycles. The van der Waals surface area contributed by atoms with Gasteiger partial charge < -0.3 is 10.4 Å². The average Bonchev–Trinajstić information content (AvgIpc) is 2.85. The monoisotopic (exact) mass is 285 g/mol. The number of hydrogen-bond donors (Lipinski definition) is 2. The Morgan fingerprint density at radius 2 is 2.22 bits per heavy atom. The van der Waals surface area contributed by atoms with Crippen molar-refractivity contribution in [2.45, 2.75) is 20.3 Å². The Kier molecular flexibility index (Phi) is 4.04. The molecule has 4 nitrogen and oxygen atoms in total. The Labute approximate surface area is 115 Å². The van der Waals surface area contributed by atoms with Gasteiger partial charge in [0.05, 0.1) is 29.0 Å². The number of aliphatic hydroxyl groups is 1. The zero-order valence-electron chi connectivity index (χ0n) is 10.4. The van der Waals surface area contributed by atoms with Crippen LogP contribution in [0.25, 0.3) is 11.0 Å². The highest BCUT2D eigenvalue weighted by Gasteiger charge is 2.21. The number of nitrogens with zero attached hydrogens (tertiary/aromatic N) is 2. The third-order valence-electron chi connectivity index (χ3n) is 3.30. The lowest BCUT2D eigenvalue weighted by Gasteiger charge is -2.26. The van der Waals surface area contributed by atoms with Crippen molar-refractivity contribution in [1.29, 1.82) is 0 Å². The van der Waals surface area contributed by atoms with Crippen molar-refractivity contribution in [3.63, 3.8) is 0 Å². The SMILES string of the molecule is CCC(C)(CO)CNc1c(Cl)ccc2nsnc12. The van der Waals surface area contributed by atoms with Gasteiger partial charge in [-0.15, -0.1) is 0 Å². The van der Waals surface area contributed by atoms with Crippen LogP contribution in [0.1, 0.15) is 20.3 Å². The highest BCUT2D eigenvalue weighted by Crippen LogP contribution is 2.31. The van der Waals surface area contributed by atoms with Crippen molar-refractivity contribution in [2.75, 3.05) is 18.5 Å². The van der Waals surface area contributed by atoms with E-state index in [2.05, 4.69) is 21.0 Å². The van der Waals surface area contributed by atoms with E-state index in [1.165, 1.54) is 11.7 Å². The van der Waals surface area contributed by atoms with Crippen molar-refractivity contribution in [3.8, 4) is 0 Å². The predicted molar refractivity (Wildman–Crippen MR) is 76.4 cm³/mol. The van der Waals surface area contributed by atoms with Crippen LogP contribution in [-0.4, -0.2) is 27.0 Å². The fourth-order valence-corrected chi connectivity index (χ4v) is 2.35. The molecular formula is C12H16ClN3OS. The van der Waals surface area contributed by atoms with Gasteiger partial charge in [-0.3, -0.25) is 0 Å². The topological polar surface area (TPSA) is 58.0 Å². The molecule has 0 spiro atoms. The molecule has 0 aliphatic rings. The van der Waals surface area contributed by atoms with Crippen molar-refractivity contribution >= 4 is 40.0 Å². The molecule has 0 bridgehead atoms. The van der Waals surface area contributed by atoms with E-state index in [1.54, 1.807) is 0 Å². The summed E-state index contributed by atoms with van der Waals surface area (Å²) in [6.07, 6.45) is 0.888. The maximum Gasteiger partial charge on any atom is 0.129 e. The zero-order chi connectivity index (χ0) is 13.2. The van der Waals surface area contributed by atoms with Crippen LogP contribution in [0.3, 0.4) is 0 Å². The molecule has 0 fully saturated rings. The molecule has 1 heterocycles. The zero-order valence-corrected chi connectivity index (χ0v) is 12.0. The van der Waals surface area contributed by atoms with Crippen LogP contribution in [0.15, 0.2) is 12.1 Å². The largest absolute Gasteiger partial charge is 0.396 e. The van der Waals surface area contributed by atoms with E-state index < -0.39 is 0 Å². The van der Waals surface area contributed by atoms with Gasteiger partial charge in [0.15, 0.2) is 0 Å². The molecule has 0 amide bonds. The average molecular weight is 286 g/mol. The third kappa shape index (κ3) is 2.58. The van der Waals surface area contributed by atoms with Gasteiger partial charge in [0.2, 0.25) is 0 Å². The number of anilines is 1. The van der Waals surface area contributed by atoms with E-state index in [9.17, 15) is 5.11 Å². The molecule has 1 aromatic heterocycles. The Bertz CT molecular complexity index is 539. The van der Waals surface area contributed by atoms with Crippen LogP contribution < -0.4 is 5.32 Å². The maximum atomic E-state index is 9.41. The van der Waals surface area contributed by atoms with Crippen molar-refractivity contribution in [2.24, 2.45) is 5.41 Å². The molecule has 0 saturated carbocycles. The van der Waals surface area contributed by atoms with E-state index in [1.807, 2.05) is 19.1 Å². The number of nitrogens with one attached hydrogen (secondary N) is 1. The summed E-state index contributed by atoms with van der Waals surface area (Å²) in [7, 11) is 0. The molecule has 18 heavy (non-hydrogen) atoms. The third-order valence-corrected chi connectivity index (χ3v) is 4.16. The molecule has 2 rings (SSSR count). The normalized spacial score (nSPS) is 14.7. The second kappa shape index (κ2) is 5.38. The lowest BCUT2D eigenvalue weighted by Crippen LogP contribution is -2.29. The second-order valence-corrected chi connectivity index (χ2v) is 5.67. The van der Waals surface area contributed by atoms with Crippen LogP contribution in [0.5, 0.6) is 0 Å². The molecule has 0 aliphatic heterocycles. The molecule has 6 heteroatoms. The standard InChI is InChI=1S/C12H16ClN3OS/c1-3-12(2,7-17)6-14-10-8(13)4-5-9-11(10)16-18-15-9/h4-5,14,17H,3,6-7H2,1-2H3. The smallest absolute Gasteiger partial charge is 0.129 e. The van der Waals surface area contributed by atoms with Crippen LogP contribution in [0.4, 0.5) is 5.69 Å². The number of halogens is 1. The Morgan fingerprint density at radius 1 is 1.44 bits per heavy atom. The fourth-order valence-electron chi connectivity index (χ4n) is 1.59. The number of hydrogen-bond acceptors (Lipinski definition) is 5. The van der Waals surface area contributed by atoms with Gasteiger partial charge in [-0.25, -0.2) is 0 Å². The molecule has 2 aromatic rings. The van der Waals surface area contributed by atoms with Gasteiger partial charge in [0, 0.05) is 12.0 Å². The quantitative estimate of drug-likeness (QED) is 0.886. The summed E-state index contributed by atoms with van der Waals surface area (Å²) in [5.74, 6) is 0. The first kappa shape index (κ1) is 13.5. The summed E-state index contributed by atoms with van der Waals surface area (Å²) >= 11 is 7.36. The van der Waals surface area contributed by atoms with E-state index in [4.69, 9.17) is 11.6 Å². The van der Waals surface area contributed by atoms with Gasteiger partial charge in [-0.1, -0.05) is 25.4 Å². The first-order valence-corrected chi connectivity index (χ1v) is 6.96. The van der Waals surface area contributed by atoms with E-state index in [-0.39, 0.29) is 12.0 Å². The summed E-state index contributed by atoms with van der Waals surface area (Å²) in [5.41, 5.74) is 2.28. The van der Waals surface area contributed by atoms with E-state index >= 15 is 0 Å². The first-order chi connectivity index (χ1) is 8.59. The van der Waals surface area contributed by atoms with E-state index in [0.29, 0.717) is 11.6 Å². The molecule has 1 unspecified atom stereocenters. The maximum absolute atomic E-state index is 9.41. The van der Waals surface area contributed by atoms with E-state index in [0.717, 1.165) is 23.1 Å². The minimum atomic E-state index is -0.158. The molecule has 1 atom stereocenters. The van der Waals surface area contributed by atoms with Crippen LogP contribution in [0, 0.1) is 5.41 Å². The first-order valence-electron chi connectivity index (χ1n) is 5.85. The minimum Gasteiger partial charge on any atom is -0.396 e. The van der Waals surface area contributed by atoms with Gasteiger partial charge in [-0.05, 0) is 18.6 Å². The summed E-state index contributed by atoms with van der Waals surface area (Å²) in [5, 5.41) is 13.3. The van der Waals surface area contributed by atoms with Gasteiger partial charge >= 0.3 is 0 Å². The van der Waals surface area contributed by atoms with Crippen LogP contribution >= 0.6 is 23.3 Å². The molecule has 98 valence electrons. The Morgan fingerprint density at radius 3 is 2.89 bits per heavy atom. The number of fused-ring (bicyclic) bond motifs is 1. The molecular weight excluding hydrogens is 270 g/mol. The fraction of sp³-hybridized carbons (Fsp3) is 0.500. The molecule has 0 radical (unpaired) electrons. The molecule has 1 aromatic carbocycles. The summed E-state index contributed by atoms with van der Waals surface area (Å²) in [4.78, 5) is 0. The second-order valence-electron chi connectivity index (χ2n) is 4.73. The summed E-state index contributed by atoms with van der Waals surface area (Å²) in [6, 6.07) is 3.67. The van der Waals surface area contributed by atoms with Crippen molar-refractivity contribution in [1.82, 2.24) is 8.75 Å². The van der Waals surface area contributed by atoms with Crippen molar-refractivity contribution in [3.05, 3.63) is 17.2 Å². The highest BCUT2D eigenvalue weighted by atomic mass is 35.5. The predicted octanol–water partition coefficient (Wildman–Crippen LogP) is 3.17. The lowest BCUT2D eigenvalue weighted by atomic mass is 9.88. The molecule has 0 aliphatic carbocycles. The molecule has 2 N–H and O–H groups in total. The van der Waals surface area contributed by atoms with Crippen LogP contribution in [0.2, 0.25) is 5.02 Å². The number of aliphatic hydroxyl groups excluding tert-OH is 1. The minimum absolute atomic E-state index is 0.138. The van der Waals surface area contributed by atoms with Gasteiger partial charge in [0.1, 0.15) is 11.0 Å². The van der Waals surface area contributed by atoms with Gasteiger partial charge in [0.25, 0.3) is 0 Å². The summed E-state index contributed by atoms with van der Waals surface area (Å²) in [6.45, 7) is 4.88. The van der Waals surface area contributed by atoms with Gasteiger partial charge in [-0.2, -0.15) is 8.75 Å². The Hall–Kier alpha value is -0.910. The number of rotatable bonds is 5. The summed E-state index contributed by atoms with van der Waals surface area (Å²) < 4.78 is 8.44. The number of benzene rings is 1. The van der Waals surface area contributed by atoms with Crippen molar-refractivity contribution < 1.29 is 5.11 Å². The highest BCUT2D eigenvalue weighted by molar-refractivity contribution is 7.00. The lowest BCUT2D eigenvalue weighted by molar-refractivity contribution is 0.149. The van der Waals surface area contributed by atoms with Crippen LogP contribution in [-0.2, 0) is 0 Å². The number of aromatic nitrogens is 2.